The van der Waals surface area contributed by atoms with Crippen LogP contribution in [0.15, 0.2) is 18.2 Å². The van der Waals surface area contributed by atoms with Gasteiger partial charge in [-0.05, 0) is 37.9 Å². The van der Waals surface area contributed by atoms with Gasteiger partial charge >= 0.3 is 0 Å². The lowest BCUT2D eigenvalue weighted by Gasteiger charge is -2.33. The van der Waals surface area contributed by atoms with E-state index >= 15 is 0 Å². The van der Waals surface area contributed by atoms with Crippen molar-refractivity contribution in [2.24, 2.45) is 0 Å². The SMILES string of the molecule is Cc1ccc(Cl)c(CC2(O)CCCNC2)c1. The molecule has 0 radical (unpaired) electrons. The summed E-state index contributed by atoms with van der Waals surface area (Å²) in [5, 5.41) is 14.4. The van der Waals surface area contributed by atoms with E-state index in [0.29, 0.717) is 13.0 Å². The second-order valence-electron chi connectivity index (χ2n) is 4.78. The van der Waals surface area contributed by atoms with Crippen molar-refractivity contribution in [3.8, 4) is 0 Å². The highest BCUT2D eigenvalue weighted by Gasteiger charge is 2.29. The molecule has 1 aliphatic heterocycles. The molecule has 0 saturated carbocycles. The van der Waals surface area contributed by atoms with Gasteiger partial charge in [-0.15, -0.1) is 0 Å². The molecular weight excluding hydrogens is 222 g/mol. The van der Waals surface area contributed by atoms with Crippen molar-refractivity contribution in [3.05, 3.63) is 34.3 Å². The average molecular weight is 240 g/mol. The van der Waals surface area contributed by atoms with Crippen LogP contribution in [0.4, 0.5) is 0 Å². The van der Waals surface area contributed by atoms with Gasteiger partial charge in [-0.3, -0.25) is 0 Å². The summed E-state index contributed by atoms with van der Waals surface area (Å²) >= 11 is 6.15. The highest BCUT2D eigenvalue weighted by Crippen LogP contribution is 2.26. The summed E-state index contributed by atoms with van der Waals surface area (Å²) in [6.07, 6.45) is 2.52. The van der Waals surface area contributed by atoms with Crippen LogP contribution < -0.4 is 5.32 Å². The molecule has 0 amide bonds. The lowest BCUT2D eigenvalue weighted by molar-refractivity contribution is 0.0169. The minimum atomic E-state index is -0.629. The smallest absolute Gasteiger partial charge is 0.0812 e. The average Bonchev–Trinajstić information content (AvgIpc) is 2.24. The van der Waals surface area contributed by atoms with E-state index in [0.717, 1.165) is 30.0 Å². The number of hydrogen-bond acceptors (Lipinski definition) is 2. The van der Waals surface area contributed by atoms with Crippen LogP contribution in [0.2, 0.25) is 5.02 Å². The monoisotopic (exact) mass is 239 g/mol. The van der Waals surface area contributed by atoms with E-state index in [2.05, 4.69) is 11.4 Å². The van der Waals surface area contributed by atoms with Gasteiger partial charge in [-0.1, -0.05) is 29.3 Å². The largest absolute Gasteiger partial charge is 0.388 e. The first kappa shape index (κ1) is 11.9. The molecule has 0 bridgehead atoms. The molecule has 0 aromatic heterocycles. The fourth-order valence-corrected chi connectivity index (χ4v) is 2.48. The predicted molar refractivity (Wildman–Crippen MR) is 66.9 cm³/mol. The fraction of sp³-hybridized carbons (Fsp3) is 0.538. The number of piperidine rings is 1. The number of halogens is 1. The summed E-state index contributed by atoms with van der Waals surface area (Å²) in [4.78, 5) is 0. The molecule has 1 aromatic rings. The van der Waals surface area contributed by atoms with Crippen molar-refractivity contribution >= 4 is 11.6 Å². The van der Waals surface area contributed by atoms with Gasteiger partial charge in [-0.25, -0.2) is 0 Å². The molecule has 1 saturated heterocycles. The van der Waals surface area contributed by atoms with E-state index in [1.165, 1.54) is 5.56 Å². The Labute approximate surface area is 102 Å². The summed E-state index contributed by atoms with van der Waals surface area (Å²) in [7, 11) is 0. The molecule has 2 nitrogen and oxygen atoms in total. The first-order chi connectivity index (χ1) is 7.59. The van der Waals surface area contributed by atoms with Gasteiger partial charge in [0.2, 0.25) is 0 Å². The summed E-state index contributed by atoms with van der Waals surface area (Å²) < 4.78 is 0. The molecule has 1 aromatic carbocycles. The molecule has 1 heterocycles. The summed E-state index contributed by atoms with van der Waals surface area (Å²) in [6.45, 7) is 3.71. The van der Waals surface area contributed by atoms with Crippen LogP contribution in [-0.4, -0.2) is 23.8 Å². The maximum Gasteiger partial charge on any atom is 0.0812 e. The highest BCUT2D eigenvalue weighted by molar-refractivity contribution is 6.31. The molecule has 2 N–H and O–H groups in total. The van der Waals surface area contributed by atoms with E-state index in [-0.39, 0.29) is 0 Å². The van der Waals surface area contributed by atoms with E-state index in [9.17, 15) is 5.11 Å². The number of rotatable bonds is 2. The highest BCUT2D eigenvalue weighted by atomic mass is 35.5. The number of aliphatic hydroxyl groups is 1. The molecule has 1 aliphatic rings. The number of aryl methyl sites for hydroxylation is 1. The zero-order valence-corrected chi connectivity index (χ0v) is 10.3. The Kier molecular flexibility index (Phi) is 3.53. The second kappa shape index (κ2) is 4.74. The quantitative estimate of drug-likeness (QED) is 0.830. The van der Waals surface area contributed by atoms with Crippen molar-refractivity contribution in [2.45, 2.75) is 31.8 Å². The third-order valence-electron chi connectivity index (χ3n) is 3.17. The van der Waals surface area contributed by atoms with Gasteiger partial charge in [0.25, 0.3) is 0 Å². The maximum atomic E-state index is 10.4. The lowest BCUT2D eigenvalue weighted by atomic mass is 9.87. The van der Waals surface area contributed by atoms with Crippen molar-refractivity contribution in [3.63, 3.8) is 0 Å². The Hall–Kier alpha value is -0.570. The van der Waals surface area contributed by atoms with Crippen molar-refractivity contribution < 1.29 is 5.11 Å². The minimum Gasteiger partial charge on any atom is -0.388 e. The standard InChI is InChI=1S/C13H18ClNO/c1-10-3-4-12(14)11(7-10)8-13(16)5-2-6-15-9-13/h3-4,7,15-16H,2,5-6,8-9H2,1H3. The third kappa shape index (κ3) is 2.76. The molecule has 1 unspecified atom stereocenters. The minimum absolute atomic E-state index is 0.629. The zero-order valence-electron chi connectivity index (χ0n) is 9.59. The van der Waals surface area contributed by atoms with Crippen LogP contribution in [0.25, 0.3) is 0 Å². The molecule has 1 fully saturated rings. The van der Waals surface area contributed by atoms with Gasteiger partial charge in [0.15, 0.2) is 0 Å². The van der Waals surface area contributed by atoms with Crippen LogP contribution >= 0.6 is 11.6 Å². The van der Waals surface area contributed by atoms with Gasteiger partial charge in [0.1, 0.15) is 0 Å². The van der Waals surface area contributed by atoms with E-state index in [1.54, 1.807) is 0 Å². The van der Waals surface area contributed by atoms with Crippen LogP contribution in [0.5, 0.6) is 0 Å². The Morgan fingerprint density at radius 3 is 3.00 bits per heavy atom. The first-order valence-electron chi connectivity index (χ1n) is 5.77. The summed E-state index contributed by atoms with van der Waals surface area (Å²) in [5.74, 6) is 0. The molecule has 3 heteroatoms. The zero-order chi connectivity index (χ0) is 11.6. The number of benzene rings is 1. The van der Waals surface area contributed by atoms with Crippen molar-refractivity contribution in [1.29, 1.82) is 0 Å². The molecule has 16 heavy (non-hydrogen) atoms. The van der Waals surface area contributed by atoms with Gasteiger partial charge in [0.05, 0.1) is 5.60 Å². The van der Waals surface area contributed by atoms with Crippen LogP contribution in [0, 0.1) is 6.92 Å². The van der Waals surface area contributed by atoms with Crippen LogP contribution in [0.3, 0.4) is 0 Å². The molecule has 88 valence electrons. The first-order valence-corrected chi connectivity index (χ1v) is 6.15. The molecule has 0 spiro atoms. The normalized spacial score (nSPS) is 25.7. The van der Waals surface area contributed by atoms with Gasteiger partial charge in [-0.2, -0.15) is 0 Å². The second-order valence-corrected chi connectivity index (χ2v) is 5.18. The van der Waals surface area contributed by atoms with Crippen LogP contribution in [-0.2, 0) is 6.42 Å². The lowest BCUT2D eigenvalue weighted by Crippen LogP contribution is -2.47. The fourth-order valence-electron chi connectivity index (χ4n) is 2.30. The van der Waals surface area contributed by atoms with E-state index in [4.69, 9.17) is 11.6 Å². The number of hydrogen-bond donors (Lipinski definition) is 2. The molecule has 1 atom stereocenters. The maximum absolute atomic E-state index is 10.4. The van der Waals surface area contributed by atoms with Gasteiger partial charge in [0, 0.05) is 18.0 Å². The summed E-state index contributed by atoms with van der Waals surface area (Å²) in [6, 6.07) is 5.97. The third-order valence-corrected chi connectivity index (χ3v) is 3.54. The Morgan fingerprint density at radius 1 is 1.50 bits per heavy atom. The summed E-state index contributed by atoms with van der Waals surface area (Å²) in [5.41, 5.74) is 1.61. The van der Waals surface area contributed by atoms with Gasteiger partial charge < -0.3 is 10.4 Å². The van der Waals surface area contributed by atoms with Crippen molar-refractivity contribution in [2.75, 3.05) is 13.1 Å². The Balaban J connectivity index is 2.15. The van der Waals surface area contributed by atoms with Crippen molar-refractivity contribution in [1.82, 2.24) is 5.32 Å². The Bertz CT molecular complexity index is 372. The van der Waals surface area contributed by atoms with Crippen LogP contribution in [0.1, 0.15) is 24.0 Å². The molecule has 0 aliphatic carbocycles. The van der Waals surface area contributed by atoms with E-state index < -0.39 is 5.60 Å². The topological polar surface area (TPSA) is 32.3 Å². The van der Waals surface area contributed by atoms with E-state index in [1.807, 2.05) is 19.1 Å². The Morgan fingerprint density at radius 2 is 2.31 bits per heavy atom. The number of nitrogens with one attached hydrogen (secondary N) is 1. The molecule has 2 rings (SSSR count). The predicted octanol–water partition coefficient (Wildman–Crippen LogP) is 2.31. The number of β-amino-alcohol motifs (C(OH)–C–C–N with tert-alkyl or cyclic N) is 1. The molecular formula is C13H18ClNO.